The predicted molar refractivity (Wildman–Crippen MR) is 54.1 cm³/mol. The van der Waals surface area contributed by atoms with Crippen molar-refractivity contribution >= 4 is 22.5 Å². The summed E-state index contributed by atoms with van der Waals surface area (Å²) in [6.07, 6.45) is 1.73. The summed E-state index contributed by atoms with van der Waals surface area (Å²) in [7, 11) is 0. The molecular formula is C8H13N3OS. The molecule has 0 aliphatic heterocycles. The molecule has 0 unspecified atom stereocenters. The normalized spacial score (nSPS) is 10.2. The molecule has 1 aromatic heterocycles. The van der Waals surface area contributed by atoms with E-state index in [1.807, 2.05) is 20.8 Å². The summed E-state index contributed by atoms with van der Waals surface area (Å²) in [5.74, 6) is 0. The van der Waals surface area contributed by atoms with Gasteiger partial charge in [-0.15, -0.1) is 11.3 Å². The molecule has 1 aromatic rings. The standard InChI is InChI=1S/C8H13N3OS/c1-5(2)10-7(12)11-8-9-4-6(3)13-8/h4-5H,1-3H3,(H2,9,10,11,12). The van der Waals surface area contributed by atoms with Crippen molar-refractivity contribution in [2.45, 2.75) is 26.8 Å². The van der Waals surface area contributed by atoms with Gasteiger partial charge in [0.25, 0.3) is 0 Å². The second-order valence-electron chi connectivity index (χ2n) is 3.03. The van der Waals surface area contributed by atoms with E-state index in [1.54, 1.807) is 6.20 Å². The molecule has 0 aliphatic carbocycles. The molecule has 2 amide bonds. The zero-order valence-electron chi connectivity index (χ0n) is 7.92. The van der Waals surface area contributed by atoms with Crippen LogP contribution in [0.3, 0.4) is 0 Å². The van der Waals surface area contributed by atoms with E-state index in [9.17, 15) is 4.79 Å². The Morgan fingerprint density at radius 3 is 2.77 bits per heavy atom. The zero-order valence-corrected chi connectivity index (χ0v) is 8.73. The number of thiazole rings is 1. The highest BCUT2D eigenvalue weighted by atomic mass is 32.1. The molecule has 1 heterocycles. The largest absolute Gasteiger partial charge is 0.336 e. The van der Waals surface area contributed by atoms with E-state index in [2.05, 4.69) is 15.6 Å². The summed E-state index contributed by atoms with van der Waals surface area (Å²) in [4.78, 5) is 16.3. The molecule has 0 saturated carbocycles. The molecule has 0 atom stereocenters. The lowest BCUT2D eigenvalue weighted by Crippen LogP contribution is -2.34. The number of nitrogens with zero attached hydrogens (tertiary/aromatic N) is 1. The molecule has 0 spiro atoms. The highest BCUT2D eigenvalue weighted by Gasteiger charge is 2.04. The van der Waals surface area contributed by atoms with Crippen LogP contribution in [0.1, 0.15) is 18.7 Å². The summed E-state index contributed by atoms with van der Waals surface area (Å²) in [6, 6.07) is -0.0644. The molecular weight excluding hydrogens is 186 g/mol. The lowest BCUT2D eigenvalue weighted by atomic mass is 10.4. The van der Waals surface area contributed by atoms with Crippen molar-refractivity contribution in [3.8, 4) is 0 Å². The van der Waals surface area contributed by atoms with Crippen molar-refractivity contribution < 1.29 is 4.79 Å². The maximum absolute atomic E-state index is 11.2. The van der Waals surface area contributed by atoms with Crippen LogP contribution in [-0.4, -0.2) is 17.1 Å². The van der Waals surface area contributed by atoms with Gasteiger partial charge in [0.15, 0.2) is 5.13 Å². The SMILES string of the molecule is Cc1cnc(NC(=O)NC(C)C)s1. The number of hydrogen-bond acceptors (Lipinski definition) is 3. The van der Waals surface area contributed by atoms with Crippen LogP contribution in [-0.2, 0) is 0 Å². The van der Waals surface area contributed by atoms with Gasteiger partial charge < -0.3 is 5.32 Å². The summed E-state index contributed by atoms with van der Waals surface area (Å²) in [5, 5.41) is 6.00. The van der Waals surface area contributed by atoms with Gasteiger partial charge in [0.05, 0.1) is 0 Å². The van der Waals surface area contributed by atoms with Crippen molar-refractivity contribution in [3.63, 3.8) is 0 Å². The van der Waals surface area contributed by atoms with Gasteiger partial charge in [0.1, 0.15) is 0 Å². The number of anilines is 1. The number of aromatic nitrogens is 1. The fraction of sp³-hybridized carbons (Fsp3) is 0.500. The topological polar surface area (TPSA) is 54.0 Å². The Bertz CT molecular complexity index is 295. The molecule has 0 bridgehead atoms. The molecule has 0 radical (unpaired) electrons. The van der Waals surface area contributed by atoms with Gasteiger partial charge in [-0.25, -0.2) is 9.78 Å². The van der Waals surface area contributed by atoms with E-state index < -0.39 is 0 Å². The van der Waals surface area contributed by atoms with E-state index in [4.69, 9.17) is 0 Å². The Labute approximate surface area is 81.4 Å². The van der Waals surface area contributed by atoms with Crippen LogP contribution in [0.5, 0.6) is 0 Å². The number of hydrogen-bond donors (Lipinski definition) is 2. The number of amides is 2. The summed E-state index contributed by atoms with van der Waals surface area (Å²) in [5.41, 5.74) is 0. The average Bonchev–Trinajstić information content (AvgIpc) is 2.33. The van der Waals surface area contributed by atoms with E-state index >= 15 is 0 Å². The van der Waals surface area contributed by atoms with Crippen LogP contribution in [0.15, 0.2) is 6.20 Å². The van der Waals surface area contributed by atoms with Crippen LogP contribution in [0, 0.1) is 6.92 Å². The predicted octanol–water partition coefficient (Wildman–Crippen LogP) is 1.98. The molecule has 5 heteroatoms. The number of carbonyl (C=O) groups excluding carboxylic acids is 1. The average molecular weight is 199 g/mol. The maximum Gasteiger partial charge on any atom is 0.321 e. The Kier molecular flexibility index (Phi) is 3.25. The van der Waals surface area contributed by atoms with E-state index in [1.165, 1.54) is 11.3 Å². The van der Waals surface area contributed by atoms with Crippen LogP contribution in [0.2, 0.25) is 0 Å². The van der Waals surface area contributed by atoms with Gasteiger partial charge in [-0.2, -0.15) is 0 Å². The van der Waals surface area contributed by atoms with Crippen molar-refractivity contribution in [1.29, 1.82) is 0 Å². The number of aryl methyl sites for hydroxylation is 1. The molecule has 2 N–H and O–H groups in total. The number of nitrogens with one attached hydrogen (secondary N) is 2. The first-order valence-corrected chi connectivity index (χ1v) is 4.89. The molecule has 13 heavy (non-hydrogen) atoms. The highest BCUT2D eigenvalue weighted by molar-refractivity contribution is 7.15. The fourth-order valence-electron chi connectivity index (χ4n) is 0.808. The third kappa shape index (κ3) is 3.42. The van der Waals surface area contributed by atoms with Gasteiger partial charge in [-0.3, -0.25) is 5.32 Å². The first-order chi connectivity index (χ1) is 6.08. The van der Waals surface area contributed by atoms with Crippen molar-refractivity contribution in [2.75, 3.05) is 5.32 Å². The summed E-state index contributed by atoms with van der Waals surface area (Å²) < 4.78 is 0. The van der Waals surface area contributed by atoms with Gasteiger partial charge in [0, 0.05) is 17.1 Å². The Morgan fingerprint density at radius 1 is 1.62 bits per heavy atom. The minimum Gasteiger partial charge on any atom is -0.336 e. The number of carbonyl (C=O) groups is 1. The molecule has 0 aromatic carbocycles. The van der Waals surface area contributed by atoms with Gasteiger partial charge >= 0.3 is 6.03 Å². The van der Waals surface area contributed by atoms with Gasteiger partial charge in [-0.05, 0) is 20.8 Å². The van der Waals surface area contributed by atoms with Gasteiger partial charge in [-0.1, -0.05) is 0 Å². The van der Waals surface area contributed by atoms with Crippen molar-refractivity contribution in [3.05, 3.63) is 11.1 Å². The third-order valence-electron chi connectivity index (χ3n) is 1.26. The maximum atomic E-state index is 11.2. The molecule has 0 aliphatic rings. The Balaban J connectivity index is 2.45. The smallest absolute Gasteiger partial charge is 0.321 e. The van der Waals surface area contributed by atoms with E-state index in [-0.39, 0.29) is 12.1 Å². The Hall–Kier alpha value is -1.10. The first-order valence-electron chi connectivity index (χ1n) is 4.08. The first kappa shape index (κ1) is 9.98. The molecule has 4 nitrogen and oxygen atoms in total. The van der Waals surface area contributed by atoms with Crippen LogP contribution in [0.4, 0.5) is 9.93 Å². The summed E-state index contributed by atoms with van der Waals surface area (Å²) >= 11 is 1.46. The van der Waals surface area contributed by atoms with Crippen molar-refractivity contribution in [1.82, 2.24) is 10.3 Å². The highest BCUT2D eigenvalue weighted by Crippen LogP contribution is 2.15. The second kappa shape index (κ2) is 4.23. The van der Waals surface area contributed by atoms with E-state index in [0.717, 1.165) is 4.88 Å². The van der Waals surface area contributed by atoms with Crippen LogP contribution >= 0.6 is 11.3 Å². The minimum atomic E-state index is -0.204. The third-order valence-corrected chi connectivity index (χ3v) is 2.09. The van der Waals surface area contributed by atoms with Crippen LogP contribution < -0.4 is 10.6 Å². The molecule has 0 fully saturated rings. The molecule has 0 saturated heterocycles. The Morgan fingerprint density at radius 2 is 2.31 bits per heavy atom. The minimum absolute atomic E-state index is 0.140. The fourth-order valence-corrected chi connectivity index (χ4v) is 1.47. The lowest BCUT2D eigenvalue weighted by molar-refractivity contribution is 0.250. The zero-order chi connectivity index (χ0) is 9.84. The number of rotatable bonds is 2. The quantitative estimate of drug-likeness (QED) is 0.765. The molecule has 72 valence electrons. The lowest BCUT2D eigenvalue weighted by Gasteiger charge is -2.07. The monoisotopic (exact) mass is 199 g/mol. The number of urea groups is 1. The second-order valence-corrected chi connectivity index (χ2v) is 4.26. The van der Waals surface area contributed by atoms with Crippen molar-refractivity contribution in [2.24, 2.45) is 0 Å². The van der Waals surface area contributed by atoms with Crippen LogP contribution in [0.25, 0.3) is 0 Å². The molecule has 1 rings (SSSR count). The summed E-state index contributed by atoms with van der Waals surface area (Å²) in [6.45, 7) is 5.77. The van der Waals surface area contributed by atoms with Gasteiger partial charge in [0.2, 0.25) is 0 Å². The van der Waals surface area contributed by atoms with E-state index in [0.29, 0.717) is 5.13 Å².